The van der Waals surface area contributed by atoms with E-state index in [9.17, 15) is 4.79 Å². The van der Waals surface area contributed by atoms with Crippen molar-refractivity contribution in [2.75, 3.05) is 0 Å². The van der Waals surface area contributed by atoms with Crippen LogP contribution in [0.4, 0.5) is 0 Å². The first-order valence-electron chi connectivity index (χ1n) is 7.14. The number of hydrogen-bond donors (Lipinski definition) is 0. The van der Waals surface area contributed by atoms with Crippen molar-refractivity contribution in [3.05, 3.63) is 29.8 Å². The van der Waals surface area contributed by atoms with E-state index in [2.05, 4.69) is 28.9 Å². The summed E-state index contributed by atoms with van der Waals surface area (Å²) < 4.78 is 5.99. The molecule has 1 fully saturated rings. The highest BCUT2D eigenvalue weighted by atomic mass is 79.9. The molecule has 19 heavy (non-hydrogen) atoms. The summed E-state index contributed by atoms with van der Waals surface area (Å²) in [6.45, 7) is 2.17. The zero-order valence-corrected chi connectivity index (χ0v) is 13.0. The average molecular weight is 325 g/mol. The van der Waals surface area contributed by atoms with Crippen molar-refractivity contribution in [2.24, 2.45) is 0 Å². The summed E-state index contributed by atoms with van der Waals surface area (Å²) in [6.07, 6.45) is 5.57. The Morgan fingerprint density at radius 2 is 2.16 bits per heavy atom. The number of Topliss-reactive ketones (excluding diaryl/α,β-unsaturated/α-hetero) is 1. The van der Waals surface area contributed by atoms with Gasteiger partial charge in [0, 0.05) is 16.8 Å². The fourth-order valence-electron chi connectivity index (χ4n) is 2.48. The molecule has 2 unspecified atom stereocenters. The Kier molecular flexibility index (Phi) is 5.44. The van der Waals surface area contributed by atoms with Gasteiger partial charge in [-0.2, -0.15) is 0 Å². The van der Waals surface area contributed by atoms with Gasteiger partial charge in [0.1, 0.15) is 5.75 Å². The molecule has 0 N–H and O–H groups in total. The first kappa shape index (κ1) is 14.6. The summed E-state index contributed by atoms with van der Waals surface area (Å²) in [5, 5.41) is 0. The molecule has 1 aromatic carbocycles. The fourth-order valence-corrected chi connectivity index (χ4v) is 3.32. The molecule has 0 heterocycles. The first-order chi connectivity index (χ1) is 9.22. The molecule has 1 aliphatic rings. The third-order valence-electron chi connectivity index (χ3n) is 3.57. The van der Waals surface area contributed by atoms with E-state index >= 15 is 0 Å². The topological polar surface area (TPSA) is 26.3 Å². The van der Waals surface area contributed by atoms with Crippen LogP contribution in [0.5, 0.6) is 5.75 Å². The molecule has 3 heteroatoms. The second-order valence-corrected chi connectivity index (χ2v) is 6.22. The molecule has 0 bridgehead atoms. The Labute approximate surface area is 123 Å². The lowest BCUT2D eigenvalue weighted by Crippen LogP contribution is -2.30. The molecule has 0 spiro atoms. The zero-order chi connectivity index (χ0) is 13.7. The van der Waals surface area contributed by atoms with Crippen LogP contribution in [0.3, 0.4) is 0 Å². The molecule has 0 radical (unpaired) electrons. The number of benzene rings is 1. The van der Waals surface area contributed by atoms with Gasteiger partial charge in [0.25, 0.3) is 0 Å². The van der Waals surface area contributed by atoms with Crippen molar-refractivity contribution in [1.29, 1.82) is 0 Å². The van der Waals surface area contributed by atoms with Crippen LogP contribution in [0.1, 0.15) is 55.8 Å². The number of alkyl halides is 1. The van der Waals surface area contributed by atoms with E-state index in [1.807, 2.05) is 18.2 Å². The van der Waals surface area contributed by atoms with E-state index in [4.69, 9.17) is 4.74 Å². The van der Waals surface area contributed by atoms with Crippen molar-refractivity contribution in [3.63, 3.8) is 0 Å². The number of carbonyl (C=O) groups excluding carboxylic acids is 1. The van der Waals surface area contributed by atoms with E-state index in [1.54, 1.807) is 0 Å². The van der Waals surface area contributed by atoms with Crippen LogP contribution in [0.25, 0.3) is 0 Å². The van der Waals surface area contributed by atoms with Crippen LogP contribution in [0.15, 0.2) is 24.3 Å². The second kappa shape index (κ2) is 7.09. The van der Waals surface area contributed by atoms with Crippen molar-refractivity contribution in [3.8, 4) is 5.75 Å². The number of para-hydroxylation sites is 1. The largest absolute Gasteiger partial charge is 0.482 e. The van der Waals surface area contributed by atoms with Gasteiger partial charge in [-0.3, -0.25) is 4.79 Å². The quantitative estimate of drug-likeness (QED) is 0.726. The van der Waals surface area contributed by atoms with Crippen molar-refractivity contribution >= 4 is 21.7 Å². The van der Waals surface area contributed by atoms with Crippen LogP contribution in [-0.2, 0) is 4.79 Å². The van der Waals surface area contributed by atoms with Crippen molar-refractivity contribution in [1.82, 2.24) is 0 Å². The molecule has 2 rings (SSSR count). The summed E-state index contributed by atoms with van der Waals surface area (Å²) in [6, 6.07) is 8.05. The van der Waals surface area contributed by atoms with E-state index in [1.165, 1.54) is 0 Å². The van der Waals surface area contributed by atoms with E-state index < -0.39 is 0 Å². The number of ketones is 1. The van der Waals surface area contributed by atoms with Crippen LogP contribution >= 0.6 is 15.9 Å². The maximum atomic E-state index is 11.9. The maximum Gasteiger partial charge on any atom is 0.173 e. The molecule has 0 saturated heterocycles. The molecule has 1 aliphatic carbocycles. The molecule has 2 atom stereocenters. The summed E-state index contributed by atoms with van der Waals surface area (Å²) in [7, 11) is 0. The first-order valence-corrected chi connectivity index (χ1v) is 8.06. The van der Waals surface area contributed by atoms with E-state index in [0.29, 0.717) is 11.2 Å². The molecule has 0 aliphatic heterocycles. The lowest BCUT2D eigenvalue weighted by molar-refractivity contribution is -0.127. The Bertz CT molecular complexity index is 431. The molecular formula is C16H21BrO2. The summed E-state index contributed by atoms with van der Waals surface area (Å²) in [5.41, 5.74) is 1.16. The Balaban J connectivity index is 2.12. The Morgan fingerprint density at radius 1 is 1.37 bits per heavy atom. The Morgan fingerprint density at radius 3 is 2.89 bits per heavy atom. The average Bonchev–Trinajstić information content (AvgIpc) is 2.42. The maximum absolute atomic E-state index is 11.9. The van der Waals surface area contributed by atoms with Crippen LogP contribution in [0, 0.1) is 0 Å². The standard InChI is InChI=1S/C16H21BrO2/c1-2-7-13(17)12-8-3-5-10-15(12)19-16-11-6-4-9-14(16)18/h3,5,8,10,13,16H,2,4,6-7,9,11H2,1H3. The lowest BCUT2D eigenvalue weighted by atomic mass is 9.96. The van der Waals surface area contributed by atoms with Gasteiger partial charge in [-0.05, 0) is 31.7 Å². The van der Waals surface area contributed by atoms with Gasteiger partial charge in [-0.15, -0.1) is 0 Å². The van der Waals surface area contributed by atoms with E-state index in [-0.39, 0.29) is 11.9 Å². The van der Waals surface area contributed by atoms with Crippen LogP contribution < -0.4 is 4.74 Å². The van der Waals surface area contributed by atoms with Gasteiger partial charge in [-0.1, -0.05) is 47.5 Å². The van der Waals surface area contributed by atoms with Crippen LogP contribution in [0.2, 0.25) is 0 Å². The molecule has 1 aromatic rings. The molecular weight excluding hydrogens is 304 g/mol. The van der Waals surface area contributed by atoms with Gasteiger partial charge >= 0.3 is 0 Å². The number of rotatable bonds is 5. The highest BCUT2D eigenvalue weighted by Gasteiger charge is 2.25. The second-order valence-electron chi connectivity index (χ2n) is 5.11. The highest BCUT2D eigenvalue weighted by Crippen LogP contribution is 2.35. The lowest BCUT2D eigenvalue weighted by Gasteiger charge is -2.24. The minimum absolute atomic E-state index is 0.240. The molecule has 0 aromatic heterocycles. The third kappa shape index (κ3) is 3.82. The van der Waals surface area contributed by atoms with Crippen LogP contribution in [-0.4, -0.2) is 11.9 Å². The van der Waals surface area contributed by atoms with Gasteiger partial charge < -0.3 is 4.74 Å². The van der Waals surface area contributed by atoms with Gasteiger partial charge in [0.15, 0.2) is 11.9 Å². The Hall–Kier alpha value is -0.830. The predicted octanol–water partition coefficient (Wildman–Crippen LogP) is 4.81. The predicted molar refractivity (Wildman–Crippen MR) is 80.9 cm³/mol. The van der Waals surface area contributed by atoms with Crippen molar-refractivity contribution < 1.29 is 9.53 Å². The van der Waals surface area contributed by atoms with Gasteiger partial charge in [0.2, 0.25) is 0 Å². The number of ether oxygens (including phenoxy) is 1. The molecule has 2 nitrogen and oxygen atoms in total. The summed E-state index contributed by atoms with van der Waals surface area (Å²) >= 11 is 3.71. The smallest absolute Gasteiger partial charge is 0.173 e. The minimum Gasteiger partial charge on any atom is -0.482 e. The minimum atomic E-state index is -0.240. The number of hydrogen-bond acceptors (Lipinski definition) is 2. The van der Waals surface area contributed by atoms with Crippen molar-refractivity contribution in [2.45, 2.75) is 56.4 Å². The van der Waals surface area contributed by atoms with Gasteiger partial charge in [-0.25, -0.2) is 0 Å². The van der Waals surface area contributed by atoms with E-state index in [0.717, 1.165) is 43.4 Å². The molecule has 0 amide bonds. The zero-order valence-electron chi connectivity index (χ0n) is 11.4. The normalized spacial score (nSPS) is 21.2. The monoisotopic (exact) mass is 324 g/mol. The number of carbonyl (C=O) groups is 1. The third-order valence-corrected chi connectivity index (χ3v) is 4.52. The summed E-state index contributed by atoms with van der Waals surface area (Å²) in [5.74, 6) is 1.11. The summed E-state index contributed by atoms with van der Waals surface area (Å²) in [4.78, 5) is 12.2. The highest BCUT2D eigenvalue weighted by molar-refractivity contribution is 9.09. The number of halogens is 1. The molecule has 104 valence electrons. The SMILES string of the molecule is CCCC(Br)c1ccccc1OC1CCCCC1=O. The molecule has 1 saturated carbocycles. The van der Waals surface area contributed by atoms with Gasteiger partial charge in [0.05, 0.1) is 0 Å². The fraction of sp³-hybridized carbons (Fsp3) is 0.562.